The monoisotopic (exact) mass is 529 g/mol. The Kier molecular flexibility index (Phi) is 6.36. The van der Waals surface area contributed by atoms with Crippen LogP contribution in [0.1, 0.15) is 44.8 Å². The van der Waals surface area contributed by atoms with E-state index in [1.165, 1.54) is 0 Å². The number of rotatable bonds is 3. The van der Waals surface area contributed by atoms with Crippen LogP contribution in [-0.4, -0.2) is 0 Å². The second-order valence-electron chi connectivity index (χ2n) is 6.85. The third-order valence-electron chi connectivity index (χ3n) is 5.00. The number of allylic oxidation sites excluding steroid dienone is 1. The van der Waals surface area contributed by atoms with E-state index in [0.29, 0.717) is 23.1 Å². The van der Waals surface area contributed by atoms with E-state index >= 15 is 0 Å². The average molecular weight is 531 g/mol. The van der Waals surface area contributed by atoms with Crippen LogP contribution < -0.4 is 0 Å². The molecule has 1 aliphatic rings. The number of aryl methyl sites for hydroxylation is 1. The molecule has 0 saturated heterocycles. The van der Waals surface area contributed by atoms with Gasteiger partial charge in [0, 0.05) is 0 Å². The van der Waals surface area contributed by atoms with Crippen molar-refractivity contribution in [2.24, 2.45) is 0 Å². The van der Waals surface area contributed by atoms with Gasteiger partial charge in [0.05, 0.1) is 0 Å². The normalized spacial score (nSPS) is 16.6. The number of hydrogen-bond acceptors (Lipinski definition) is 0. The van der Waals surface area contributed by atoms with Crippen LogP contribution in [0.3, 0.4) is 0 Å². The van der Waals surface area contributed by atoms with E-state index < -0.39 is 42.8 Å². The van der Waals surface area contributed by atoms with E-state index in [9.17, 15) is 26.3 Å². The molecule has 1 unspecified atom stereocenters. The zero-order valence-electron chi connectivity index (χ0n) is 15.3. The molecule has 29 heavy (non-hydrogen) atoms. The van der Waals surface area contributed by atoms with Gasteiger partial charge in [-0.15, -0.1) is 0 Å². The Hall–Kier alpha value is -0.777. The van der Waals surface area contributed by atoms with Crippen LogP contribution in [0.2, 0.25) is 0 Å². The summed E-state index contributed by atoms with van der Waals surface area (Å²) < 4.78 is 79.7. The Balaban J connectivity index is 2.32. The molecule has 1 aliphatic carbocycles. The number of hydrogen-bond donors (Lipinski definition) is 0. The number of halogens is 8. The number of fused-ring (bicyclic) bond motifs is 1. The van der Waals surface area contributed by atoms with Crippen LogP contribution >= 0.6 is 17.0 Å². The SMILES string of the molecule is CCC1=Cc2c(ccc(C)c2-c2cc(C(F)(F)F)cc(C(F)(F)F)c2)[CH]1[Zr]([Cl])[Cl]. The molecule has 0 N–H and O–H groups in total. The summed E-state index contributed by atoms with van der Waals surface area (Å²) in [4.78, 5) is 0. The molecule has 9 heteroatoms. The molecule has 0 bridgehead atoms. The number of benzene rings is 2. The quantitative estimate of drug-likeness (QED) is 0.349. The summed E-state index contributed by atoms with van der Waals surface area (Å²) in [5.74, 6) is 0. The first-order valence-electron chi connectivity index (χ1n) is 8.66. The Labute approximate surface area is 179 Å². The molecule has 155 valence electrons. The van der Waals surface area contributed by atoms with E-state index in [4.69, 9.17) is 17.0 Å². The first-order chi connectivity index (χ1) is 13.3. The molecule has 0 amide bonds. The van der Waals surface area contributed by atoms with Crippen LogP contribution in [0.25, 0.3) is 17.2 Å². The van der Waals surface area contributed by atoms with Crippen molar-refractivity contribution in [2.75, 3.05) is 0 Å². The Morgan fingerprint density at radius 2 is 1.48 bits per heavy atom. The standard InChI is InChI=1S/C20H15F6.2ClH.Zr/c1-3-12-6-13-5-4-11(2)18(17(13)7-12)14-8-15(19(21,22)23)10-16(9-14)20(24,25)26;;;/h4-10H,3H2,1-2H3;2*1H;/q;;;+2/p-2. The molecule has 2 aromatic carbocycles. The van der Waals surface area contributed by atoms with Crippen LogP contribution in [0, 0.1) is 6.92 Å². The molecule has 0 aliphatic heterocycles. The molecule has 0 saturated carbocycles. The van der Waals surface area contributed by atoms with Crippen molar-refractivity contribution in [3.05, 3.63) is 63.7 Å². The fraction of sp³-hybridized carbons (Fsp3) is 0.300. The van der Waals surface area contributed by atoms with Gasteiger partial charge in [-0.1, -0.05) is 0 Å². The van der Waals surface area contributed by atoms with Crippen LogP contribution in [0.4, 0.5) is 26.3 Å². The van der Waals surface area contributed by atoms with E-state index in [2.05, 4.69) is 0 Å². The maximum absolute atomic E-state index is 13.3. The van der Waals surface area contributed by atoms with Gasteiger partial charge >= 0.3 is 180 Å². The van der Waals surface area contributed by atoms with E-state index in [-0.39, 0.29) is 15.3 Å². The van der Waals surface area contributed by atoms with Gasteiger partial charge < -0.3 is 0 Å². The first-order valence-corrected chi connectivity index (χ1v) is 16.4. The molecule has 0 radical (unpaired) electrons. The first kappa shape index (κ1) is 22.9. The maximum atomic E-state index is 13.3. The zero-order chi connectivity index (χ0) is 21.7. The van der Waals surface area contributed by atoms with Crippen molar-refractivity contribution in [3.8, 4) is 11.1 Å². The minimum absolute atomic E-state index is 0.122. The van der Waals surface area contributed by atoms with Gasteiger partial charge in [-0.3, -0.25) is 0 Å². The average Bonchev–Trinajstić information content (AvgIpc) is 2.98. The molecule has 1 atom stereocenters. The van der Waals surface area contributed by atoms with Gasteiger partial charge in [0.25, 0.3) is 0 Å². The van der Waals surface area contributed by atoms with Crippen LogP contribution in [0.15, 0.2) is 35.9 Å². The zero-order valence-corrected chi connectivity index (χ0v) is 19.2. The topological polar surface area (TPSA) is 0 Å². The van der Waals surface area contributed by atoms with Gasteiger partial charge in [-0.25, -0.2) is 0 Å². The van der Waals surface area contributed by atoms with Crippen molar-refractivity contribution < 1.29 is 45.7 Å². The van der Waals surface area contributed by atoms with Crippen molar-refractivity contribution >= 4 is 23.1 Å². The van der Waals surface area contributed by atoms with Crippen molar-refractivity contribution in [2.45, 2.75) is 36.2 Å². The Bertz CT molecular complexity index is 944. The molecule has 3 rings (SSSR count). The summed E-state index contributed by atoms with van der Waals surface area (Å²) in [6.45, 7) is 3.58. The molecule has 0 aromatic heterocycles. The third kappa shape index (κ3) is 4.47. The third-order valence-corrected chi connectivity index (χ3v) is 10.3. The summed E-state index contributed by atoms with van der Waals surface area (Å²) >= 11 is -2.82. The van der Waals surface area contributed by atoms with Gasteiger partial charge in [0.15, 0.2) is 0 Å². The molecule has 0 spiro atoms. The summed E-state index contributed by atoms with van der Waals surface area (Å²) in [6.07, 6.45) is -7.33. The summed E-state index contributed by atoms with van der Waals surface area (Å²) in [6, 6.07) is 5.20. The van der Waals surface area contributed by atoms with Crippen LogP contribution in [0.5, 0.6) is 0 Å². The van der Waals surface area contributed by atoms with Gasteiger partial charge in [-0.2, -0.15) is 0 Å². The molecular weight excluding hydrogens is 516 g/mol. The number of alkyl halides is 6. The summed E-state index contributed by atoms with van der Waals surface area (Å²) in [7, 11) is 12.6. The van der Waals surface area contributed by atoms with Gasteiger partial charge in [0.2, 0.25) is 0 Å². The van der Waals surface area contributed by atoms with E-state index in [1.807, 2.05) is 19.1 Å². The molecule has 0 fully saturated rings. The van der Waals surface area contributed by atoms with E-state index in [1.54, 1.807) is 13.0 Å². The minimum atomic E-state index is -4.90. The van der Waals surface area contributed by atoms with Crippen LogP contribution in [-0.2, 0) is 31.7 Å². The molecule has 0 nitrogen and oxygen atoms in total. The summed E-state index contributed by atoms with van der Waals surface area (Å²) in [5, 5.41) is 0. The van der Waals surface area contributed by atoms with Gasteiger partial charge in [0.1, 0.15) is 0 Å². The van der Waals surface area contributed by atoms with Crippen molar-refractivity contribution in [1.29, 1.82) is 0 Å². The van der Waals surface area contributed by atoms with Crippen molar-refractivity contribution in [3.63, 3.8) is 0 Å². The second-order valence-corrected chi connectivity index (χ2v) is 15.7. The molecular formula is C20H15Cl2F6Zr. The predicted octanol–water partition coefficient (Wildman–Crippen LogP) is 8.47. The Morgan fingerprint density at radius 1 is 0.931 bits per heavy atom. The van der Waals surface area contributed by atoms with Crippen molar-refractivity contribution in [1.82, 2.24) is 0 Å². The predicted molar refractivity (Wildman–Crippen MR) is 99.3 cm³/mol. The molecule has 2 aromatic rings. The van der Waals surface area contributed by atoms with E-state index in [0.717, 1.165) is 23.3 Å². The fourth-order valence-corrected chi connectivity index (χ4v) is 9.31. The second kappa shape index (κ2) is 8.05. The molecule has 0 heterocycles. The Morgan fingerprint density at radius 3 is 1.93 bits per heavy atom. The summed E-state index contributed by atoms with van der Waals surface area (Å²) in [5.41, 5.74) is 0.506. The fourth-order valence-electron chi connectivity index (χ4n) is 3.67. The van der Waals surface area contributed by atoms with Gasteiger partial charge in [-0.05, 0) is 0 Å².